The summed E-state index contributed by atoms with van der Waals surface area (Å²) in [6.45, 7) is 5.41. The maximum Gasteiger partial charge on any atom is 0.523 e. The van der Waals surface area contributed by atoms with Crippen molar-refractivity contribution in [3.8, 4) is 0 Å². The molecular weight excluding hydrogens is 351 g/mol. The third-order valence-corrected chi connectivity index (χ3v) is 5.32. The van der Waals surface area contributed by atoms with E-state index >= 15 is 0 Å². The Morgan fingerprint density at radius 2 is 1.75 bits per heavy atom. The van der Waals surface area contributed by atoms with E-state index in [-0.39, 0.29) is 19.5 Å². The van der Waals surface area contributed by atoms with E-state index in [0.29, 0.717) is 12.8 Å². The zero-order valence-electron chi connectivity index (χ0n) is 13.9. The molecule has 2 fully saturated rings. The molecule has 0 bridgehead atoms. The second kappa shape index (κ2) is 6.05. The van der Waals surface area contributed by atoms with Gasteiger partial charge < -0.3 is 9.64 Å². The van der Waals surface area contributed by atoms with E-state index in [9.17, 15) is 26.4 Å². The summed E-state index contributed by atoms with van der Waals surface area (Å²) in [5.74, 6) is 0. The highest BCUT2D eigenvalue weighted by molar-refractivity contribution is 7.87. The first-order chi connectivity index (χ1) is 10.8. The van der Waals surface area contributed by atoms with Gasteiger partial charge in [0.05, 0.1) is 6.10 Å². The van der Waals surface area contributed by atoms with Crippen LogP contribution in [0.2, 0.25) is 0 Å². The van der Waals surface area contributed by atoms with Crippen LogP contribution in [0.1, 0.15) is 46.5 Å². The fourth-order valence-electron chi connectivity index (χ4n) is 3.16. The maximum atomic E-state index is 12.6. The van der Waals surface area contributed by atoms with Gasteiger partial charge in [-0.3, -0.25) is 4.18 Å². The minimum atomic E-state index is -5.65. The molecule has 2 rings (SSSR count). The van der Waals surface area contributed by atoms with E-state index in [4.69, 9.17) is 4.74 Å². The van der Waals surface area contributed by atoms with Crippen LogP contribution in [0.15, 0.2) is 0 Å². The van der Waals surface area contributed by atoms with Crippen LogP contribution < -0.4 is 0 Å². The van der Waals surface area contributed by atoms with Crippen molar-refractivity contribution >= 4 is 16.2 Å². The average Bonchev–Trinajstić information content (AvgIpc) is 2.32. The standard InChI is InChI=1S/C14H22F3NO5S/c1-12(2,3)22-11(19)18-8-13(9-18)7-5-4-6-10(13)23-24(20,21)14(15,16)17/h10H,4-9H2,1-3H3. The number of rotatable bonds is 2. The molecule has 0 aromatic carbocycles. The molecule has 1 heterocycles. The fourth-order valence-corrected chi connectivity index (χ4v) is 3.88. The fraction of sp³-hybridized carbons (Fsp3) is 0.929. The lowest BCUT2D eigenvalue weighted by Gasteiger charge is -2.55. The van der Waals surface area contributed by atoms with Gasteiger partial charge in [-0.1, -0.05) is 12.8 Å². The molecule has 6 nitrogen and oxygen atoms in total. The number of carbonyl (C=O) groups is 1. The quantitative estimate of drug-likeness (QED) is 0.550. The molecule has 24 heavy (non-hydrogen) atoms. The first kappa shape index (κ1) is 19.3. The molecule has 2 aliphatic rings. The Bertz CT molecular complexity index is 591. The molecule has 140 valence electrons. The third kappa shape index (κ3) is 3.96. The number of carbonyl (C=O) groups excluding carboxylic acids is 1. The van der Waals surface area contributed by atoms with Crippen molar-refractivity contribution in [2.45, 2.75) is 63.7 Å². The van der Waals surface area contributed by atoms with Crippen LogP contribution in [0.4, 0.5) is 18.0 Å². The lowest BCUT2D eigenvalue weighted by atomic mass is 9.67. The SMILES string of the molecule is CC(C)(C)OC(=O)N1CC2(CCCCC2OS(=O)(=O)C(F)(F)F)C1. The van der Waals surface area contributed by atoms with Crippen LogP contribution in [0, 0.1) is 5.41 Å². The van der Waals surface area contributed by atoms with Crippen LogP contribution in [0.5, 0.6) is 0 Å². The van der Waals surface area contributed by atoms with Gasteiger partial charge >= 0.3 is 21.7 Å². The van der Waals surface area contributed by atoms with E-state index in [1.54, 1.807) is 20.8 Å². The number of amides is 1. The number of alkyl halides is 3. The zero-order chi connectivity index (χ0) is 18.4. The van der Waals surface area contributed by atoms with Crippen molar-refractivity contribution in [2.24, 2.45) is 5.41 Å². The highest BCUT2D eigenvalue weighted by Gasteiger charge is 2.57. The van der Waals surface area contributed by atoms with E-state index in [2.05, 4.69) is 4.18 Å². The van der Waals surface area contributed by atoms with Crippen LogP contribution in [-0.4, -0.2) is 49.7 Å². The lowest BCUT2D eigenvalue weighted by molar-refractivity contribution is -0.113. The van der Waals surface area contributed by atoms with Gasteiger partial charge in [0, 0.05) is 18.5 Å². The van der Waals surface area contributed by atoms with Crippen LogP contribution in [0.3, 0.4) is 0 Å². The predicted octanol–water partition coefficient (Wildman–Crippen LogP) is 3.03. The van der Waals surface area contributed by atoms with E-state index in [1.165, 1.54) is 4.90 Å². The van der Waals surface area contributed by atoms with Gasteiger partial charge in [-0.2, -0.15) is 21.6 Å². The number of hydrogen-bond donors (Lipinski definition) is 0. The van der Waals surface area contributed by atoms with Crippen molar-refractivity contribution in [1.29, 1.82) is 0 Å². The minimum absolute atomic E-state index is 0.139. The largest absolute Gasteiger partial charge is 0.523 e. The van der Waals surface area contributed by atoms with Crippen LogP contribution >= 0.6 is 0 Å². The van der Waals surface area contributed by atoms with Crippen molar-refractivity contribution in [3.63, 3.8) is 0 Å². The molecule has 1 saturated carbocycles. The zero-order valence-corrected chi connectivity index (χ0v) is 14.7. The molecule has 1 spiro atoms. The number of likely N-dealkylation sites (tertiary alicyclic amines) is 1. The Kier molecular flexibility index (Phi) is 4.86. The molecule has 1 amide bonds. The second-order valence-electron chi connectivity index (χ2n) is 7.43. The highest BCUT2D eigenvalue weighted by atomic mass is 32.2. The second-order valence-corrected chi connectivity index (χ2v) is 8.99. The molecule has 0 aromatic rings. The maximum absolute atomic E-state index is 12.6. The lowest BCUT2D eigenvalue weighted by Crippen LogP contribution is -2.65. The third-order valence-electron chi connectivity index (χ3n) is 4.26. The Hall–Kier alpha value is -1.03. The Morgan fingerprint density at radius 3 is 2.25 bits per heavy atom. The summed E-state index contributed by atoms with van der Waals surface area (Å²) in [5, 5.41) is 0. The molecule has 1 saturated heterocycles. The van der Waals surface area contributed by atoms with Crippen molar-refractivity contribution < 1.29 is 35.3 Å². The van der Waals surface area contributed by atoms with Gasteiger partial charge in [0.2, 0.25) is 0 Å². The average molecular weight is 373 g/mol. The van der Waals surface area contributed by atoms with Crippen LogP contribution in [-0.2, 0) is 19.0 Å². The number of ether oxygens (including phenoxy) is 1. The normalized spacial score (nSPS) is 24.6. The summed E-state index contributed by atoms with van der Waals surface area (Å²) in [6.07, 6.45) is 0.454. The molecule has 1 aliphatic heterocycles. The Morgan fingerprint density at radius 1 is 1.17 bits per heavy atom. The summed E-state index contributed by atoms with van der Waals surface area (Å²) in [5.41, 5.74) is -6.88. The molecule has 0 aromatic heterocycles. The summed E-state index contributed by atoms with van der Waals surface area (Å²) < 4.78 is 70.0. The van der Waals surface area contributed by atoms with Gasteiger partial charge in [-0.15, -0.1) is 0 Å². The number of hydrogen-bond acceptors (Lipinski definition) is 5. The first-order valence-electron chi connectivity index (χ1n) is 7.73. The summed E-state index contributed by atoms with van der Waals surface area (Å²) >= 11 is 0. The Labute approximate surface area is 139 Å². The van der Waals surface area contributed by atoms with E-state index < -0.39 is 38.8 Å². The topological polar surface area (TPSA) is 72.9 Å². The van der Waals surface area contributed by atoms with E-state index in [1.807, 2.05) is 0 Å². The molecule has 0 N–H and O–H groups in total. The highest BCUT2D eigenvalue weighted by Crippen LogP contribution is 2.47. The minimum Gasteiger partial charge on any atom is -0.444 e. The summed E-state index contributed by atoms with van der Waals surface area (Å²) in [7, 11) is -5.65. The number of nitrogens with zero attached hydrogens (tertiary/aromatic N) is 1. The van der Waals surface area contributed by atoms with Gasteiger partial charge in [0.1, 0.15) is 5.60 Å². The number of halogens is 3. The van der Waals surface area contributed by atoms with Crippen molar-refractivity contribution in [3.05, 3.63) is 0 Å². The van der Waals surface area contributed by atoms with Gasteiger partial charge in [0.25, 0.3) is 0 Å². The van der Waals surface area contributed by atoms with E-state index in [0.717, 1.165) is 6.42 Å². The van der Waals surface area contributed by atoms with Crippen molar-refractivity contribution in [1.82, 2.24) is 4.90 Å². The van der Waals surface area contributed by atoms with Crippen LogP contribution in [0.25, 0.3) is 0 Å². The smallest absolute Gasteiger partial charge is 0.444 e. The van der Waals surface area contributed by atoms with Crippen molar-refractivity contribution in [2.75, 3.05) is 13.1 Å². The van der Waals surface area contributed by atoms with Gasteiger partial charge in [-0.05, 0) is 33.6 Å². The summed E-state index contributed by atoms with van der Waals surface area (Å²) in [4.78, 5) is 13.4. The molecule has 1 atom stereocenters. The molecule has 1 aliphatic carbocycles. The van der Waals surface area contributed by atoms with Gasteiger partial charge in [-0.25, -0.2) is 4.79 Å². The predicted molar refractivity (Wildman–Crippen MR) is 78.6 cm³/mol. The van der Waals surface area contributed by atoms with Gasteiger partial charge in [0.15, 0.2) is 0 Å². The molecule has 0 radical (unpaired) electrons. The summed E-state index contributed by atoms with van der Waals surface area (Å²) in [6, 6.07) is 0. The monoisotopic (exact) mass is 373 g/mol. The molecule has 10 heteroatoms. The first-order valence-corrected chi connectivity index (χ1v) is 9.14. The Balaban J connectivity index is 2.06. The molecule has 1 unspecified atom stereocenters. The molecular formula is C14H22F3NO5S.